The summed E-state index contributed by atoms with van der Waals surface area (Å²) in [5.41, 5.74) is 1.32. The Labute approximate surface area is 48.4 Å². The van der Waals surface area contributed by atoms with Crippen LogP contribution in [0.1, 0.15) is 0 Å². The highest BCUT2D eigenvalue weighted by molar-refractivity contribution is 6.19. The van der Waals surface area contributed by atoms with Gasteiger partial charge in [0.05, 0.1) is 0 Å². The van der Waals surface area contributed by atoms with Gasteiger partial charge in [-0.25, -0.2) is 0 Å². The van der Waals surface area contributed by atoms with Crippen LogP contribution in [0.5, 0.6) is 0 Å². The molecule has 0 amide bonds. The van der Waals surface area contributed by atoms with Crippen LogP contribution in [0.4, 0.5) is 0 Å². The number of nitrogens with one attached hydrogen (secondary N) is 1. The summed E-state index contributed by atoms with van der Waals surface area (Å²) in [7, 11) is 0. The molecule has 1 nitrogen and oxygen atoms in total. The van der Waals surface area contributed by atoms with Crippen LogP contribution < -0.4 is 5.32 Å². The molecule has 0 bridgehead atoms. The lowest BCUT2D eigenvalue weighted by Crippen LogP contribution is -2.08. The Hall–Kier alpha value is -0.0100. The van der Waals surface area contributed by atoms with Crippen LogP contribution in [0.25, 0.3) is 0 Å². The van der Waals surface area contributed by atoms with Crippen molar-refractivity contribution >= 4 is 11.6 Å². The number of rotatable bonds is 1. The first-order chi connectivity index (χ1) is 3.43. The number of halogens is 1. The SMILES string of the molecule is ClCC1=CCNC1. The minimum Gasteiger partial charge on any atom is -0.309 e. The highest BCUT2D eigenvalue weighted by Crippen LogP contribution is 1.99. The Morgan fingerprint density at radius 1 is 1.86 bits per heavy atom. The van der Waals surface area contributed by atoms with Crippen LogP contribution in [0.2, 0.25) is 0 Å². The van der Waals surface area contributed by atoms with Crippen molar-refractivity contribution in [2.24, 2.45) is 0 Å². The minimum absolute atomic E-state index is 0.688. The largest absolute Gasteiger partial charge is 0.309 e. The van der Waals surface area contributed by atoms with E-state index in [1.165, 1.54) is 5.57 Å². The van der Waals surface area contributed by atoms with E-state index in [1.54, 1.807) is 0 Å². The quantitative estimate of drug-likeness (QED) is 0.395. The molecule has 0 fully saturated rings. The standard InChI is InChI=1S/C5H8ClN/c6-3-5-1-2-7-4-5/h1,7H,2-4H2. The normalized spacial score (nSPS) is 19.9. The summed E-state index contributed by atoms with van der Waals surface area (Å²) >= 11 is 5.50. The Kier molecular flexibility index (Phi) is 1.71. The summed E-state index contributed by atoms with van der Waals surface area (Å²) in [5.74, 6) is 0.688. The second kappa shape index (κ2) is 2.34. The number of hydrogen-bond acceptors (Lipinski definition) is 1. The average Bonchev–Trinajstić information content (AvgIpc) is 2.14. The van der Waals surface area contributed by atoms with Crippen molar-refractivity contribution in [2.45, 2.75) is 0 Å². The zero-order valence-electron chi connectivity index (χ0n) is 4.08. The van der Waals surface area contributed by atoms with E-state index in [0.29, 0.717) is 5.88 Å². The van der Waals surface area contributed by atoms with Gasteiger partial charge in [-0.15, -0.1) is 11.6 Å². The third kappa shape index (κ3) is 1.18. The molecule has 40 valence electrons. The molecule has 0 aromatic rings. The molecule has 0 aliphatic carbocycles. The topological polar surface area (TPSA) is 12.0 Å². The summed E-state index contributed by atoms with van der Waals surface area (Å²) in [6.45, 7) is 1.99. The molecular weight excluding hydrogens is 110 g/mol. The molecule has 0 atom stereocenters. The smallest absolute Gasteiger partial charge is 0.0446 e. The summed E-state index contributed by atoms with van der Waals surface area (Å²) < 4.78 is 0. The lowest BCUT2D eigenvalue weighted by atomic mass is 10.3. The van der Waals surface area contributed by atoms with Crippen molar-refractivity contribution in [2.75, 3.05) is 19.0 Å². The maximum atomic E-state index is 5.50. The molecule has 0 aromatic heterocycles. The summed E-state index contributed by atoms with van der Waals surface area (Å²) in [6.07, 6.45) is 2.13. The van der Waals surface area contributed by atoms with Crippen molar-refractivity contribution in [3.63, 3.8) is 0 Å². The molecule has 1 aliphatic rings. The highest BCUT2D eigenvalue weighted by Gasteiger charge is 1.98. The molecule has 0 saturated carbocycles. The predicted octanol–water partition coefficient (Wildman–Crippen LogP) is 0.755. The van der Waals surface area contributed by atoms with E-state index in [1.807, 2.05) is 0 Å². The van der Waals surface area contributed by atoms with E-state index in [-0.39, 0.29) is 0 Å². The molecule has 2 heteroatoms. The molecule has 0 spiro atoms. The lowest BCUT2D eigenvalue weighted by molar-refractivity contribution is 0.876. The van der Waals surface area contributed by atoms with E-state index in [4.69, 9.17) is 11.6 Å². The molecule has 0 unspecified atom stereocenters. The second-order valence-corrected chi connectivity index (χ2v) is 1.89. The van der Waals surface area contributed by atoms with Gasteiger partial charge in [0, 0.05) is 19.0 Å². The molecule has 1 heterocycles. The molecule has 1 rings (SSSR count). The fourth-order valence-corrected chi connectivity index (χ4v) is 0.827. The van der Waals surface area contributed by atoms with Crippen LogP contribution in [-0.4, -0.2) is 19.0 Å². The summed E-state index contributed by atoms with van der Waals surface area (Å²) in [4.78, 5) is 0. The molecule has 1 N–H and O–H groups in total. The molecule has 0 aromatic carbocycles. The monoisotopic (exact) mass is 117 g/mol. The van der Waals surface area contributed by atoms with E-state index in [0.717, 1.165) is 13.1 Å². The van der Waals surface area contributed by atoms with Crippen LogP contribution in [0.3, 0.4) is 0 Å². The van der Waals surface area contributed by atoms with Gasteiger partial charge in [0.2, 0.25) is 0 Å². The first kappa shape index (κ1) is 5.13. The maximum absolute atomic E-state index is 5.50. The average molecular weight is 118 g/mol. The van der Waals surface area contributed by atoms with Crippen molar-refractivity contribution in [1.29, 1.82) is 0 Å². The maximum Gasteiger partial charge on any atom is 0.0446 e. The fourth-order valence-electron chi connectivity index (χ4n) is 0.623. The predicted molar refractivity (Wildman–Crippen MR) is 31.7 cm³/mol. The van der Waals surface area contributed by atoms with Crippen LogP contribution in [0.15, 0.2) is 11.6 Å². The molecular formula is C5H8ClN. The molecule has 0 saturated heterocycles. The first-order valence-electron chi connectivity index (χ1n) is 2.38. The van der Waals surface area contributed by atoms with Gasteiger partial charge in [0.15, 0.2) is 0 Å². The van der Waals surface area contributed by atoms with Gasteiger partial charge in [-0.1, -0.05) is 6.08 Å². The summed E-state index contributed by atoms with van der Waals surface area (Å²) in [6, 6.07) is 0. The Morgan fingerprint density at radius 2 is 2.71 bits per heavy atom. The van der Waals surface area contributed by atoms with Gasteiger partial charge in [-0.2, -0.15) is 0 Å². The fraction of sp³-hybridized carbons (Fsp3) is 0.600. The van der Waals surface area contributed by atoms with E-state index in [9.17, 15) is 0 Å². The van der Waals surface area contributed by atoms with Crippen LogP contribution >= 0.6 is 11.6 Å². The molecule has 0 radical (unpaired) electrons. The second-order valence-electron chi connectivity index (χ2n) is 1.63. The van der Waals surface area contributed by atoms with Crippen molar-refractivity contribution in [1.82, 2.24) is 5.32 Å². The van der Waals surface area contributed by atoms with Crippen LogP contribution in [-0.2, 0) is 0 Å². The van der Waals surface area contributed by atoms with Gasteiger partial charge < -0.3 is 5.32 Å². The molecule has 7 heavy (non-hydrogen) atoms. The van der Waals surface area contributed by atoms with E-state index < -0.39 is 0 Å². The first-order valence-corrected chi connectivity index (χ1v) is 2.91. The third-order valence-corrected chi connectivity index (χ3v) is 1.40. The number of alkyl halides is 1. The van der Waals surface area contributed by atoms with Gasteiger partial charge in [0.1, 0.15) is 0 Å². The lowest BCUT2D eigenvalue weighted by Gasteiger charge is -1.88. The Balaban J connectivity index is 2.36. The van der Waals surface area contributed by atoms with Crippen molar-refractivity contribution < 1.29 is 0 Å². The minimum atomic E-state index is 0.688. The van der Waals surface area contributed by atoms with Crippen LogP contribution in [0, 0.1) is 0 Å². The van der Waals surface area contributed by atoms with Gasteiger partial charge in [-0.05, 0) is 5.57 Å². The Bertz CT molecular complexity index is 88.1. The van der Waals surface area contributed by atoms with Gasteiger partial charge in [-0.3, -0.25) is 0 Å². The zero-order valence-corrected chi connectivity index (χ0v) is 4.83. The summed E-state index contributed by atoms with van der Waals surface area (Å²) in [5, 5.41) is 3.15. The highest BCUT2D eigenvalue weighted by atomic mass is 35.5. The zero-order chi connectivity index (χ0) is 5.11. The Morgan fingerprint density at radius 3 is 3.00 bits per heavy atom. The van der Waals surface area contributed by atoms with Gasteiger partial charge in [0.25, 0.3) is 0 Å². The third-order valence-electron chi connectivity index (χ3n) is 1.06. The number of hydrogen-bond donors (Lipinski definition) is 1. The molecule has 1 aliphatic heterocycles. The van der Waals surface area contributed by atoms with Crippen molar-refractivity contribution in [3.05, 3.63) is 11.6 Å². The van der Waals surface area contributed by atoms with E-state index >= 15 is 0 Å². The van der Waals surface area contributed by atoms with Crippen molar-refractivity contribution in [3.8, 4) is 0 Å². The van der Waals surface area contributed by atoms with E-state index in [2.05, 4.69) is 11.4 Å². The van der Waals surface area contributed by atoms with Gasteiger partial charge >= 0.3 is 0 Å².